The normalized spacial score (nSPS) is 15.7. The molecule has 6 heteroatoms. The largest absolute Gasteiger partial charge is 0.338 e. The summed E-state index contributed by atoms with van der Waals surface area (Å²) in [7, 11) is 0. The summed E-state index contributed by atoms with van der Waals surface area (Å²) in [6, 6.07) is 17.1. The summed E-state index contributed by atoms with van der Waals surface area (Å²) in [6.07, 6.45) is 1.82. The Morgan fingerprint density at radius 1 is 1.06 bits per heavy atom. The maximum absolute atomic E-state index is 13.1. The molecule has 2 heterocycles. The Hall–Kier alpha value is -2.18. The quantitative estimate of drug-likeness (QED) is 0.442. The molecule has 1 saturated heterocycles. The fourth-order valence-electron chi connectivity index (χ4n) is 4.94. The van der Waals surface area contributed by atoms with E-state index in [1.807, 2.05) is 17.0 Å². The van der Waals surface area contributed by atoms with E-state index in [9.17, 15) is 4.79 Å². The van der Waals surface area contributed by atoms with E-state index in [1.165, 1.54) is 0 Å². The molecule has 1 fully saturated rings. The maximum atomic E-state index is 13.1. The first-order valence-electron chi connectivity index (χ1n) is 11.6. The van der Waals surface area contributed by atoms with Crippen LogP contribution in [0.25, 0.3) is 16.7 Å². The smallest absolute Gasteiger partial charge is 0.226 e. The molecular formula is C26H33BrN4O. The minimum Gasteiger partial charge on any atom is -0.338 e. The van der Waals surface area contributed by atoms with Crippen LogP contribution in [0, 0.1) is 5.92 Å². The highest BCUT2D eigenvalue weighted by Gasteiger charge is 2.31. The fraction of sp³-hybridized carbons (Fsp3) is 0.462. The number of fused-ring (bicyclic) bond motifs is 1. The lowest BCUT2D eigenvalue weighted by Gasteiger charge is -2.37. The minimum atomic E-state index is 0.125. The lowest BCUT2D eigenvalue weighted by atomic mass is 9.94. The first-order chi connectivity index (χ1) is 15.3. The summed E-state index contributed by atoms with van der Waals surface area (Å²) in [4.78, 5) is 22.6. The Balaban J connectivity index is 1.52. The number of imidazole rings is 1. The fourth-order valence-corrected chi connectivity index (χ4v) is 5.33. The summed E-state index contributed by atoms with van der Waals surface area (Å²) >= 11 is 3.61. The van der Waals surface area contributed by atoms with Gasteiger partial charge in [-0.25, -0.2) is 4.98 Å². The topological polar surface area (TPSA) is 41.4 Å². The second kappa shape index (κ2) is 9.75. The van der Waals surface area contributed by atoms with Crippen molar-refractivity contribution in [3.05, 3.63) is 58.8 Å². The lowest BCUT2D eigenvalue weighted by Crippen LogP contribution is -2.48. The van der Waals surface area contributed by atoms with Gasteiger partial charge in [-0.15, -0.1) is 0 Å². The van der Waals surface area contributed by atoms with E-state index in [0.29, 0.717) is 5.91 Å². The van der Waals surface area contributed by atoms with Gasteiger partial charge in [0, 0.05) is 28.2 Å². The minimum absolute atomic E-state index is 0.125. The molecule has 0 bridgehead atoms. The van der Waals surface area contributed by atoms with Crippen molar-refractivity contribution >= 4 is 32.9 Å². The van der Waals surface area contributed by atoms with Crippen LogP contribution in [0.3, 0.4) is 0 Å². The summed E-state index contributed by atoms with van der Waals surface area (Å²) in [6.45, 7) is 11.1. The second-order valence-electron chi connectivity index (χ2n) is 9.32. The Bertz CT molecular complexity index is 1070. The van der Waals surface area contributed by atoms with Crippen LogP contribution in [-0.2, 0) is 11.3 Å². The van der Waals surface area contributed by atoms with Crippen LogP contribution in [0.15, 0.2) is 53.0 Å². The van der Waals surface area contributed by atoms with Crippen LogP contribution >= 0.6 is 15.9 Å². The summed E-state index contributed by atoms with van der Waals surface area (Å²) in [5, 5.41) is 0. The molecule has 5 nitrogen and oxygen atoms in total. The van der Waals surface area contributed by atoms with E-state index in [1.54, 1.807) is 0 Å². The Kier molecular flexibility index (Phi) is 7.01. The number of nitrogens with zero attached hydrogens (tertiary/aromatic N) is 4. The molecule has 1 aromatic heterocycles. The molecule has 0 unspecified atom stereocenters. The predicted molar refractivity (Wildman–Crippen MR) is 134 cm³/mol. The van der Waals surface area contributed by atoms with E-state index >= 15 is 0 Å². The third kappa shape index (κ3) is 4.76. The highest BCUT2D eigenvalue weighted by atomic mass is 79.9. The van der Waals surface area contributed by atoms with Crippen molar-refractivity contribution in [1.82, 2.24) is 19.4 Å². The van der Waals surface area contributed by atoms with Crippen LogP contribution in [0.4, 0.5) is 0 Å². The molecule has 1 aliphatic heterocycles. The molecule has 0 aliphatic carbocycles. The first kappa shape index (κ1) is 23.0. The van der Waals surface area contributed by atoms with Crippen molar-refractivity contribution in [3.63, 3.8) is 0 Å². The van der Waals surface area contributed by atoms with E-state index in [0.717, 1.165) is 59.5 Å². The summed E-state index contributed by atoms with van der Waals surface area (Å²) in [5.74, 6) is 1.48. The average molecular weight is 497 g/mol. The number of aromatic nitrogens is 2. The Morgan fingerprint density at radius 3 is 2.41 bits per heavy atom. The number of para-hydroxylation sites is 2. The van der Waals surface area contributed by atoms with Gasteiger partial charge in [0.05, 0.1) is 17.6 Å². The molecule has 0 spiro atoms. The van der Waals surface area contributed by atoms with Gasteiger partial charge in [0.1, 0.15) is 5.82 Å². The number of benzene rings is 2. The molecule has 0 radical (unpaired) electrons. The number of carbonyl (C=O) groups is 1. The molecule has 1 amide bonds. The number of hydrogen-bond acceptors (Lipinski definition) is 3. The molecule has 4 rings (SSSR count). The van der Waals surface area contributed by atoms with Gasteiger partial charge < -0.3 is 4.90 Å². The van der Waals surface area contributed by atoms with Crippen molar-refractivity contribution in [2.45, 2.75) is 59.2 Å². The molecule has 170 valence electrons. The zero-order valence-electron chi connectivity index (χ0n) is 19.5. The highest BCUT2D eigenvalue weighted by molar-refractivity contribution is 9.10. The third-order valence-electron chi connectivity index (χ3n) is 6.37. The number of halogens is 1. The van der Waals surface area contributed by atoms with Gasteiger partial charge in [0.15, 0.2) is 0 Å². The van der Waals surface area contributed by atoms with E-state index in [2.05, 4.69) is 89.5 Å². The van der Waals surface area contributed by atoms with Gasteiger partial charge in [0.25, 0.3) is 0 Å². The van der Waals surface area contributed by atoms with Gasteiger partial charge in [0.2, 0.25) is 5.91 Å². The van der Waals surface area contributed by atoms with E-state index in [-0.39, 0.29) is 18.0 Å². The molecule has 3 aromatic rings. The SMILES string of the molecule is CC(C)N(C(=O)C1CCN(Cc2nc3ccccc3n2-c2cccc(Br)c2)CC1)C(C)C. The van der Waals surface area contributed by atoms with Crippen LogP contribution in [0.1, 0.15) is 46.4 Å². The zero-order valence-corrected chi connectivity index (χ0v) is 21.0. The molecule has 0 atom stereocenters. The number of likely N-dealkylation sites (tertiary alicyclic amines) is 1. The van der Waals surface area contributed by atoms with Crippen LogP contribution in [0.2, 0.25) is 0 Å². The average Bonchev–Trinajstić information content (AvgIpc) is 3.11. The molecule has 2 aromatic carbocycles. The van der Waals surface area contributed by atoms with Crippen molar-refractivity contribution in [2.24, 2.45) is 5.92 Å². The van der Waals surface area contributed by atoms with Gasteiger partial charge in [-0.2, -0.15) is 0 Å². The predicted octanol–water partition coefficient (Wildman–Crippen LogP) is 5.65. The van der Waals surface area contributed by atoms with Crippen molar-refractivity contribution in [2.75, 3.05) is 13.1 Å². The summed E-state index contributed by atoms with van der Waals surface area (Å²) < 4.78 is 3.31. The standard InChI is InChI=1S/C26H33BrN4O/c1-18(2)30(19(3)4)26(32)20-12-14-29(15-13-20)17-25-28-23-10-5-6-11-24(23)31(25)22-9-7-8-21(27)16-22/h5-11,16,18-20H,12-15,17H2,1-4H3. The van der Waals surface area contributed by atoms with Gasteiger partial charge in [-0.1, -0.05) is 34.1 Å². The molecule has 32 heavy (non-hydrogen) atoms. The van der Waals surface area contributed by atoms with Crippen molar-refractivity contribution < 1.29 is 4.79 Å². The van der Waals surface area contributed by atoms with E-state index in [4.69, 9.17) is 4.98 Å². The third-order valence-corrected chi connectivity index (χ3v) is 6.86. The van der Waals surface area contributed by atoms with Crippen molar-refractivity contribution in [3.8, 4) is 5.69 Å². The molecule has 1 aliphatic rings. The van der Waals surface area contributed by atoms with Crippen LogP contribution < -0.4 is 0 Å². The Morgan fingerprint density at radius 2 is 1.75 bits per heavy atom. The molecule has 0 saturated carbocycles. The molecular weight excluding hydrogens is 464 g/mol. The Labute approximate surface area is 199 Å². The van der Waals surface area contributed by atoms with Crippen molar-refractivity contribution in [1.29, 1.82) is 0 Å². The van der Waals surface area contributed by atoms with Crippen LogP contribution in [0.5, 0.6) is 0 Å². The maximum Gasteiger partial charge on any atom is 0.226 e. The number of rotatable bonds is 6. The number of piperidine rings is 1. The zero-order chi connectivity index (χ0) is 22.8. The van der Waals surface area contributed by atoms with Gasteiger partial charge in [-0.05, 0) is 84.0 Å². The van der Waals surface area contributed by atoms with Gasteiger partial charge >= 0.3 is 0 Å². The lowest BCUT2D eigenvalue weighted by molar-refractivity contribution is -0.140. The number of carbonyl (C=O) groups excluding carboxylic acids is 1. The van der Waals surface area contributed by atoms with E-state index < -0.39 is 0 Å². The van der Waals surface area contributed by atoms with Crippen LogP contribution in [-0.4, -0.2) is 50.4 Å². The monoisotopic (exact) mass is 496 g/mol. The number of hydrogen-bond donors (Lipinski definition) is 0. The summed E-state index contributed by atoms with van der Waals surface area (Å²) in [5.41, 5.74) is 3.24. The second-order valence-corrected chi connectivity index (χ2v) is 10.2. The first-order valence-corrected chi connectivity index (χ1v) is 12.4. The van der Waals surface area contributed by atoms with Gasteiger partial charge in [-0.3, -0.25) is 14.3 Å². The molecule has 0 N–H and O–H groups in total. The number of amides is 1. The highest BCUT2D eigenvalue weighted by Crippen LogP contribution is 2.27.